The van der Waals surface area contributed by atoms with Crippen LogP contribution in [0.5, 0.6) is 0 Å². The Labute approximate surface area is 93.4 Å². The second-order valence-electron chi connectivity index (χ2n) is 5.73. The lowest BCUT2D eigenvalue weighted by molar-refractivity contribution is -0.154. The van der Waals surface area contributed by atoms with Gasteiger partial charge >= 0.3 is 5.97 Å². The van der Waals surface area contributed by atoms with Crippen molar-refractivity contribution in [1.82, 2.24) is 0 Å². The van der Waals surface area contributed by atoms with Crippen molar-refractivity contribution in [2.24, 2.45) is 16.7 Å². The smallest absolute Gasteiger partial charge is 0.302 e. The van der Waals surface area contributed by atoms with Gasteiger partial charge < -0.3 is 4.74 Å². The number of hydrogen-bond donors (Lipinski definition) is 0. The van der Waals surface area contributed by atoms with Crippen LogP contribution in [-0.2, 0) is 9.53 Å². The van der Waals surface area contributed by atoms with Gasteiger partial charge in [-0.15, -0.1) is 0 Å². The highest BCUT2D eigenvalue weighted by Crippen LogP contribution is 2.58. The number of carbonyl (C=O) groups is 1. The molecular weight excluding hydrogens is 188 g/mol. The minimum absolute atomic E-state index is 0.0880. The zero-order valence-electron chi connectivity index (χ0n) is 10.9. The SMILES string of the molecule is CCC1(C)C(OC(C)=O)CC(C)C1(C)C. The second-order valence-corrected chi connectivity index (χ2v) is 5.73. The molecule has 1 aliphatic carbocycles. The van der Waals surface area contributed by atoms with Crippen LogP contribution in [0.25, 0.3) is 0 Å². The predicted octanol–water partition coefficient (Wildman–Crippen LogP) is 3.40. The Morgan fingerprint density at radius 1 is 1.40 bits per heavy atom. The van der Waals surface area contributed by atoms with Gasteiger partial charge in [0, 0.05) is 12.3 Å². The van der Waals surface area contributed by atoms with E-state index in [1.54, 1.807) is 0 Å². The van der Waals surface area contributed by atoms with Gasteiger partial charge in [-0.3, -0.25) is 4.79 Å². The van der Waals surface area contributed by atoms with E-state index in [-0.39, 0.29) is 22.9 Å². The third kappa shape index (κ3) is 1.79. The summed E-state index contributed by atoms with van der Waals surface area (Å²) in [5, 5.41) is 0. The maximum absolute atomic E-state index is 11.1. The standard InChI is InChI=1S/C13H24O2/c1-7-13(6)11(15-10(3)14)8-9(2)12(13,4)5/h9,11H,7-8H2,1-6H3. The first kappa shape index (κ1) is 12.5. The van der Waals surface area contributed by atoms with E-state index in [0.717, 1.165) is 12.8 Å². The molecule has 1 aliphatic rings. The molecule has 88 valence electrons. The molecule has 0 bridgehead atoms. The van der Waals surface area contributed by atoms with Crippen LogP contribution in [-0.4, -0.2) is 12.1 Å². The lowest BCUT2D eigenvalue weighted by atomic mass is 9.64. The fraction of sp³-hybridized carbons (Fsp3) is 0.923. The summed E-state index contributed by atoms with van der Waals surface area (Å²) < 4.78 is 5.48. The molecule has 1 saturated carbocycles. The Morgan fingerprint density at radius 3 is 2.33 bits per heavy atom. The molecule has 0 aromatic carbocycles. The van der Waals surface area contributed by atoms with Gasteiger partial charge in [0.2, 0.25) is 0 Å². The Hall–Kier alpha value is -0.530. The molecule has 3 atom stereocenters. The van der Waals surface area contributed by atoms with Gasteiger partial charge in [-0.1, -0.05) is 34.6 Å². The molecule has 0 aromatic rings. The Morgan fingerprint density at radius 2 is 1.93 bits per heavy atom. The van der Waals surface area contributed by atoms with Crippen molar-refractivity contribution in [2.75, 3.05) is 0 Å². The van der Waals surface area contributed by atoms with Crippen molar-refractivity contribution in [2.45, 2.75) is 60.5 Å². The molecule has 2 nitrogen and oxygen atoms in total. The molecule has 0 radical (unpaired) electrons. The molecule has 0 aromatic heterocycles. The lowest BCUT2D eigenvalue weighted by Crippen LogP contribution is -2.40. The zero-order valence-corrected chi connectivity index (χ0v) is 10.9. The summed E-state index contributed by atoms with van der Waals surface area (Å²) in [4.78, 5) is 11.1. The molecule has 0 heterocycles. The highest BCUT2D eigenvalue weighted by atomic mass is 16.5. The summed E-state index contributed by atoms with van der Waals surface area (Å²) in [7, 11) is 0. The largest absolute Gasteiger partial charge is 0.462 e. The molecule has 1 rings (SSSR count). The maximum atomic E-state index is 11.1. The maximum Gasteiger partial charge on any atom is 0.302 e. The van der Waals surface area contributed by atoms with Gasteiger partial charge in [0.25, 0.3) is 0 Å². The molecule has 0 saturated heterocycles. The van der Waals surface area contributed by atoms with Crippen molar-refractivity contribution in [3.05, 3.63) is 0 Å². The van der Waals surface area contributed by atoms with Crippen molar-refractivity contribution < 1.29 is 9.53 Å². The number of hydrogen-bond acceptors (Lipinski definition) is 2. The fourth-order valence-electron chi connectivity index (χ4n) is 2.92. The average molecular weight is 212 g/mol. The van der Waals surface area contributed by atoms with Crippen LogP contribution in [0, 0.1) is 16.7 Å². The van der Waals surface area contributed by atoms with Crippen LogP contribution < -0.4 is 0 Å². The van der Waals surface area contributed by atoms with Gasteiger partial charge in [0.05, 0.1) is 0 Å². The van der Waals surface area contributed by atoms with Crippen molar-refractivity contribution in [3.8, 4) is 0 Å². The molecular formula is C13H24O2. The van der Waals surface area contributed by atoms with Gasteiger partial charge in [0.15, 0.2) is 0 Å². The third-order valence-electron chi connectivity index (χ3n) is 5.02. The molecule has 15 heavy (non-hydrogen) atoms. The van der Waals surface area contributed by atoms with Gasteiger partial charge in [-0.05, 0) is 24.2 Å². The topological polar surface area (TPSA) is 26.3 Å². The van der Waals surface area contributed by atoms with Crippen LogP contribution in [0.4, 0.5) is 0 Å². The van der Waals surface area contributed by atoms with E-state index >= 15 is 0 Å². The minimum atomic E-state index is -0.149. The molecule has 0 N–H and O–H groups in total. The summed E-state index contributed by atoms with van der Waals surface area (Å²) in [5.41, 5.74) is 0.347. The second kappa shape index (κ2) is 3.80. The monoisotopic (exact) mass is 212 g/mol. The number of rotatable bonds is 2. The van der Waals surface area contributed by atoms with Crippen LogP contribution in [0.2, 0.25) is 0 Å². The van der Waals surface area contributed by atoms with Crippen LogP contribution in [0.3, 0.4) is 0 Å². The van der Waals surface area contributed by atoms with Gasteiger partial charge in [-0.25, -0.2) is 0 Å². The van der Waals surface area contributed by atoms with E-state index in [1.165, 1.54) is 6.92 Å². The highest BCUT2D eigenvalue weighted by molar-refractivity contribution is 5.66. The summed E-state index contributed by atoms with van der Waals surface area (Å²) in [6.07, 6.45) is 2.14. The van der Waals surface area contributed by atoms with E-state index in [9.17, 15) is 4.79 Å². The summed E-state index contributed by atoms with van der Waals surface area (Å²) in [5.74, 6) is 0.455. The summed E-state index contributed by atoms with van der Waals surface area (Å²) in [6, 6.07) is 0. The molecule has 1 fully saturated rings. The molecule has 0 amide bonds. The van der Waals surface area contributed by atoms with E-state index in [4.69, 9.17) is 4.74 Å². The van der Waals surface area contributed by atoms with Crippen molar-refractivity contribution in [1.29, 1.82) is 0 Å². The van der Waals surface area contributed by atoms with Crippen LogP contribution >= 0.6 is 0 Å². The Bertz CT molecular complexity index is 257. The van der Waals surface area contributed by atoms with Gasteiger partial charge in [-0.2, -0.15) is 0 Å². The normalized spacial score (nSPS) is 39.1. The predicted molar refractivity (Wildman–Crippen MR) is 61.5 cm³/mol. The quantitative estimate of drug-likeness (QED) is 0.656. The zero-order chi connectivity index (χ0) is 11.9. The summed E-state index contributed by atoms with van der Waals surface area (Å²) in [6.45, 7) is 12.8. The summed E-state index contributed by atoms with van der Waals surface area (Å²) >= 11 is 0. The van der Waals surface area contributed by atoms with Crippen molar-refractivity contribution in [3.63, 3.8) is 0 Å². The van der Waals surface area contributed by atoms with Crippen LogP contribution in [0.1, 0.15) is 54.4 Å². The first-order chi connectivity index (χ1) is 6.75. The van der Waals surface area contributed by atoms with Crippen LogP contribution in [0.15, 0.2) is 0 Å². The molecule has 2 heteroatoms. The minimum Gasteiger partial charge on any atom is -0.462 e. The first-order valence-corrected chi connectivity index (χ1v) is 5.93. The van der Waals surface area contributed by atoms with E-state index in [2.05, 4.69) is 34.6 Å². The first-order valence-electron chi connectivity index (χ1n) is 5.93. The van der Waals surface area contributed by atoms with E-state index in [1.807, 2.05) is 0 Å². The number of ether oxygens (including phenoxy) is 1. The highest BCUT2D eigenvalue weighted by Gasteiger charge is 2.56. The lowest BCUT2D eigenvalue weighted by Gasteiger charge is -2.42. The Balaban J connectivity index is 2.97. The average Bonchev–Trinajstić information content (AvgIpc) is 2.28. The van der Waals surface area contributed by atoms with Crippen molar-refractivity contribution >= 4 is 5.97 Å². The van der Waals surface area contributed by atoms with E-state index in [0.29, 0.717) is 5.92 Å². The number of carbonyl (C=O) groups excluding carboxylic acids is 1. The molecule has 3 unspecified atom stereocenters. The Kier molecular flexibility index (Phi) is 3.18. The van der Waals surface area contributed by atoms with Gasteiger partial charge in [0.1, 0.15) is 6.10 Å². The molecule has 0 aliphatic heterocycles. The number of esters is 1. The molecule has 0 spiro atoms. The van der Waals surface area contributed by atoms with E-state index < -0.39 is 0 Å². The third-order valence-corrected chi connectivity index (χ3v) is 5.02. The fourth-order valence-corrected chi connectivity index (χ4v) is 2.92.